The van der Waals surface area contributed by atoms with E-state index in [0.29, 0.717) is 12.2 Å². The van der Waals surface area contributed by atoms with Crippen molar-refractivity contribution in [1.29, 1.82) is 0 Å². The summed E-state index contributed by atoms with van der Waals surface area (Å²) in [6, 6.07) is 5.21. The lowest BCUT2D eigenvalue weighted by Crippen LogP contribution is -2.13. The molecule has 0 aliphatic rings. The molecule has 1 aromatic carbocycles. The standard InChI is InChI=1S/C12H13ClFN3O2S/c1-15-6-9-5-10(7-16-9)20(18,19)17-12-3-2-8(13)4-11(12)14/h2-5,7,15-17H,6H2,1H3. The fourth-order valence-electron chi connectivity index (χ4n) is 1.64. The topological polar surface area (TPSA) is 74.0 Å². The summed E-state index contributed by atoms with van der Waals surface area (Å²) in [4.78, 5) is 2.86. The van der Waals surface area contributed by atoms with Crippen molar-refractivity contribution in [2.45, 2.75) is 11.4 Å². The quantitative estimate of drug-likeness (QED) is 0.792. The van der Waals surface area contributed by atoms with Gasteiger partial charge in [-0.15, -0.1) is 0 Å². The first-order valence-corrected chi connectivity index (χ1v) is 7.58. The SMILES string of the molecule is CNCc1cc(S(=O)(=O)Nc2ccc(Cl)cc2F)c[nH]1. The van der Waals surface area contributed by atoms with Gasteiger partial charge >= 0.3 is 0 Å². The summed E-state index contributed by atoms with van der Waals surface area (Å²) in [5.74, 6) is -0.730. The van der Waals surface area contributed by atoms with Crippen LogP contribution in [0.25, 0.3) is 0 Å². The van der Waals surface area contributed by atoms with Crippen molar-refractivity contribution in [1.82, 2.24) is 10.3 Å². The second kappa shape index (κ2) is 5.82. The van der Waals surface area contributed by atoms with E-state index in [1.807, 2.05) is 0 Å². The Balaban J connectivity index is 2.26. The normalized spacial score (nSPS) is 11.6. The molecule has 0 fully saturated rings. The Morgan fingerprint density at radius 1 is 1.35 bits per heavy atom. The lowest BCUT2D eigenvalue weighted by atomic mass is 10.3. The van der Waals surface area contributed by atoms with Crippen LogP contribution in [0.1, 0.15) is 5.69 Å². The van der Waals surface area contributed by atoms with E-state index in [1.165, 1.54) is 24.4 Å². The molecule has 0 atom stereocenters. The summed E-state index contributed by atoms with van der Waals surface area (Å²) in [5, 5.41) is 3.09. The predicted molar refractivity (Wildman–Crippen MR) is 75.8 cm³/mol. The first-order chi connectivity index (χ1) is 9.42. The van der Waals surface area contributed by atoms with Crippen LogP contribution in [0.4, 0.5) is 10.1 Å². The zero-order valence-electron chi connectivity index (χ0n) is 10.6. The molecule has 0 amide bonds. The molecule has 0 spiro atoms. The molecular formula is C12H13ClFN3O2S. The molecule has 5 nitrogen and oxygen atoms in total. The second-order valence-electron chi connectivity index (χ2n) is 4.12. The number of sulfonamides is 1. The molecule has 108 valence electrons. The van der Waals surface area contributed by atoms with E-state index in [-0.39, 0.29) is 15.6 Å². The van der Waals surface area contributed by atoms with Gasteiger partial charge in [-0.3, -0.25) is 4.72 Å². The average Bonchev–Trinajstić information content (AvgIpc) is 2.83. The fraction of sp³-hybridized carbons (Fsp3) is 0.167. The van der Waals surface area contributed by atoms with Crippen molar-refractivity contribution in [2.24, 2.45) is 0 Å². The highest BCUT2D eigenvalue weighted by Gasteiger charge is 2.18. The lowest BCUT2D eigenvalue weighted by Gasteiger charge is -2.07. The van der Waals surface area contributed by atoms with Crippen LogP contribution in [-0.2, 0) is 16.6 Å². The molecule has 3 N–H and O–H groups in total. The minimum atomic E-state index is -3.84. The monoisotopic (exact) mass is 317 g/mol. The van der Waals surface area contributed by atoms with E-state index < -0.39 is 15.8 Å². The molecular weight excluding hydrogens is 305 g/mol. The van der Waals surface area contributed by atoms with Crippen molar-refractivity contribution < 1.29 is 12.8 Å². The van der Waals surface area contributed by atoms with Gasteiger partial charge in [-0.05, 0) is 31.3 Å². The smallest absolute Gasteiger partial charge is 0.263 e. The number of nitrogens with one attached hydrogen (secondary N) is 3. The largest absolute Gasteiger partial charge is 0.363 e. The van der Waals surface area contributed by atoms with Gasteiger partial charge in [0.1, 0.15) is 10.7 Å². The first-order valence-electron chi connectivity index (χ1n) is 5.72. The van der Waals surface area contributed by atoms with Crippen molar-refractivity contribution >= 4 is 27.3 Å². The van der Waals surface area contributed by atoms with E-state index in [2.05, 4.69) is 15.0 Å². The molecule has 1 heterocycles. The Morgan fingerprint density at radius 3 is 2.75 bits per heavy atom. The molecule has 0 bridgehead atoms. The van der Waals surface area contributed by atoms with Gasteiger partial charge in [0.25, 0.3) is 10.0 Å². The maximum atomic E-state index is 13.6. The van der Waals surface area contributed by atoms with Crippen LogP contribution >= 0.6 is 11.6 Å². The number of hydrogen-bond donors (Lipinski definition) is 3. The molecule has 1 aromatic heterocycles. The number of rotatable bonds is 5. The Hall–Kier alpha value is -1.57. The molecule has 0 aliphatic heterocycles. The van der Waals surface area contributed by atoms with E-state index in [0.717, 1.165) is 6.07 Å². The van der Waals surface area contributed by atoms with Crippen molar-refractivity contribution in [3.05, 3.63) is 47.0 Å². The van der Waals surface area contributed by atoms with Crippen LogP contribution in [0.2, 0.25) is 5.02 Å². The van der Waals surface area contributed by atoms with Crippen molar-refractivity contribution in [3.63, 3.8) is 0 Å². The van der Waals surface area contributed by atoms with Crippen LogP contribution in [0.3, 0.4) is 0 Å². The minimum Gasteiger partial charge on any atom is -0.363 e. The van der Waals surface area contributed by atoms with Crippen LogP contribution in [0, 0.1) is 5.82 Å². The Kier molecular flexibility index (Phi) is 4.32. The number of H-pyrrole nitrogens is 1. The third kappa shape index (κ3) is 3.30. The van der Waals surface area contributed by atoms with Crippen LogP contribution < -0.4 is 10.0 Å². The van der Waals surface area contributed by atoms with Gasteiger partial charge in [-0.2, -0.15) is 0 Å². The number of anilines is 1. The highest BCUT2D eigenvalue weighted by Crippen LogP contribution is 2.22. The van der Waals surface area contributed by atoms with Gasteiger partial charge < -0.3 is 10.3 Å². The molecule has 0 unspecified atom stereocenters. The van der Waals surface area contributed by atoms with Gasteiger partial charge in [0.15, 0.2) is 0 Å². The maximum absolute atomic E-state index is 13.6. The fourth-order valence-corrected chi connectivity index (χ4v) is 2.89. The number of aromatic nitrogens is 1. The number of halogens is 2. The number of benzene rings is 1. The number of aromatic amines is 1. The zero-order valence-corrected chi connectivity index (χ0v) is 12.1. The second-order valence-corrected chi connectivity index (χ2v) is 6.24. The Labute approximate surface area is 121 Å². The van der Waals surface area contributed by atoms with E-state index in [1.54, 1.807) is 7.05 Å². The summed E-state index contributed by atoms with van der Waals surface area (Å²) in [5.41, 5.74) is 0.565. The molecule has 20 heavy (non-hydrogen) atoms. The maximum Gasteiger partial charge on any atom is 0.263 e. The van der Waals surface area contributed by atoms with E-state index in [9.17, 15) is 12.8 Å². The third-order valence-electron chi connectivity index (χ3n) is 2.57. The van der Waals surface area contributed by atoms with Crippen molar-refractivity contribution in [2.75, 3.05) is 11.8 Å². The van der Waals surface area contributed by atoms with Crippen molar-refractivity contribution in [3.8, 4) is 0 Å². The van der Waals surface area contributed by atoms with Crippen LogP contribution in [0.5, 0.6) is 0 Å². The van der Waals surface area contributed by atoms with Crippen LogP contribution in [0.15, 0.2) is 35.4 Å². The molecule has 0 radical (unpaired) electrons. The summed E-state index contributed by atoms with van der Waals surface area (Å²) in [6.45, 7) is 0.505. The highest BCUT2D eigenvalue weighted by molar-refractivity contribution is 7.92. The van der Waals surface area contributed by atoms with E-state index in [4.69, 9.17) is 11.6 Å². The molecule has 0 saturated heterocycles. The Morgan fingerprint density at radius 2 is 2.10 bits per heavy atom. The number of hydrogen-bond acceptors (Lipinski definition) is 3. The molecule has 0 aliphatic carbocycles. The molecule has 2 rings (SSSR count). The molecule has 8 heteroatoms. The highest BCUT2D eigenvalue weighted by atomic mass is 35.5. The van der Waals surface area contributed by atoms with Gasteiger partial charge in [0.05, 0.1) is 5.69 Å². The molecule has 0 saturated carbocycles. The first kappa shape index (κ1) is 14.8. The summed E-state index contributed by atoms with van der Waals surface area (Å²) < 4.78 is 40.0. The van der Waals surface area contributed by atoms with E-state index >= 15 is 0 Å². The zero-order chi connectivity index (χ0) is 14.8. The van der Waals surface area contributed by atoms with Gasteiger partial charge in [0, 0.05) is 23.5 Å². The summed E-state index contributed by atoms with van der Waals surface area (Å²) >= 11 is 5.61. The molecule has 2 aromatic rings. The van der Waals surface area contributed by atoms with Gasteiger partial charge in [-0.1, -0.05) is 11.6 Å². The predicted octanol–water partition coefficient (Wildman–Crippen LogP) is 2.33. The van der Waals surface area contributed by atoms with Crippen LogP contribution in [-0.4, -0.2) is 20.4 Å². The summed E-state index contributed by atoms with van der Waals surface area (Å²) in [7, 11) is -2.09. The third-order valence-corrected chi connectivity index (χ3v) is 4.15. The average molecular weight is 318 g/mol. The summed E-state index contributed by atoms with van der Waals surface area (Å²) in [6.07, 6.45) is 1.35. The van der Waals surface area contributed by atoms with Gasteiger partial charge in [-0.25, -0.2) is 12.8 Å². The Bertz CT molecular complexity index is 715. The van der Waals surface area contributed by atoms with Gasteiger partial charge in [0.2, 0.25) is 0 Å². The lowest BCUT2D eigenvalue weighted by molar-refractivity contribution is 0.598. The minimum absolute atomic E-state index is 0.0390.